The van der Waals surface area contributed by atoms with E-state index in [1.54, 1.807) is 0 Å². The first-order valence-electron chi connectivity index (χ1n) is 11.3. The van der Waals surface area contributed by atoms with Gasteiger partial charge in [0.15, 0.2) is 11.0 Å². The lowest BCUT2D eigenvalue weighted by Gasteiger charge is -2.52. The highest BCUT2D eigenvalue weighted by Gasteiger charge is 2.62. The molecule has 0 spiro atoms. The van der Waals surface area contributed by atoms with Gasteiger partial charge in [-0.1, -0.05) is 65.0 Å². The molecule has 0 amide bonds. The Kier molecular flexibility index (Phi) is 3.48. The number of para-hydroxylation sites is 2. The van der Waals surface area contributed by atoms with Crippen molar-refractivity contribution < 1.29 is 4.57 Å². The van der Waals surface area contributed by atoms with Crippen LogP contribution in [0.1, 0.15) is 79.4 Å². The standard InChI is InChI=1S/C27H35N2/c1-9-26(7)19-15-13-14-18-22(19)23-28(25(5,6)24(18,3)4)20-16-11-12-17-21(20)29(23)27(26,8)10-2/h11-17H,9-10H2,1-8H3/q+1. The summed E-state index contributed by atoms with van der Waals surface area (Å²) in [6, 6.07) is 16.2. The Hall–Kier alpha value is -2.09. The van der Waals surface area contributed by atoms with Crippen LogP contribution in [0.15, 0.2) is 42.5 Å². The number of rotatable bonds is 2. The molecule has 2 aliphatic heterocycles. The monoisotopic (exact) mass is 387 g/mol. The fourth-order valence-electron chi connectivity index (χ4n) is 6.50. The van der Waals surface area contributed by atoms with Crippen LogP contribution in [0.3, 0.4) is 0 Å². The van der Waals surface area contributed by atoms with Gasteiger partial charge in [-0.05, 0) is 56.9 Å². The first-order chi connectivity index (χ1) is 13.6. The molecule has 3 heterocycles. The summed E-state index contributed by atoms with van der Waals surface area (Å²) in [5.74, 6) is 1.41. The molecule has 29 heavy (non-hydrogen) atoms. The van der Waals surface area contributed by atoms with Crippen molar-refractivity contribution in [2.24, 2.45) is 0 Å². The minimum atomic E-state index is -0.0343. The van der Waals surface area contributed by atoms with Gasteiger partial charge in [-0.3, -0.25) is 0 Å². The average molecular weight is 388 g/mol. The third kappa shape index (κ3) is 1.79. The fourth-order valence-corrected chi connectivity index (χ4v) is 6.50. The molecule has 1 aromatic heterocycles. The zero-order valence-corrected chi connectivity index (χ0v) is 19.4. The van der Waals surface area contributed by atoms with E-state index in [0.29, 0.717) is 0 Å². The summed E-state index contributed by atoms with van der Waals surface area (Å²) >= 11 is 0. The highest BCUT2D eigenvalue weighted by atomic mass is 15.3. The van der Waals surface area contributed by atoms with E-state index in [4.69, 9.17) is 0 Å². The fraction of sp³-hybridized carbons (Fsp3) is 0.519. The number of hydrogen-bond acceptors (Lipinski definition) is 0. The first-order valence-corrected chi connectivity index (χ1v) is 11.3. The molecule has 2 aromatic carbocycles. The summed E-state index contributed by atoms with van der Waals surface area (Å²) in [5.41, 5.74) is 7.36. The summed E-state index contributed by atoms with van der Waals surface area (Å²) in [4.78, 5) is 0. The van der Waals surface area contributed by atoms with E-state index in [0.717, 1.165) is 12.8 Å². The summed E-state index contributed by atoms with van der Waals surface area (Å²) in [7, 11) is 0. The van der Waals surface area contributed by atoms with E-state index < -0.39 is 0 Å². The molecular weight excluding hydrogens is 352 g/mol. The molecule has 2 atom stereocenters. The molecular formula is C27H35N2+. The molecule has 3 aromatic rings. The summed E-state index contributed by atoms with van der Waals surface area (Å²) in [6.45, 7) is 19.4. The lowest BCUT2D eigenvalue weighted by molar-refractivity contribution is -0.743. The second-order valence-corrected chi connectivity index (χ2v) is 10.7. The van der Waals surface area contributed by atoms with Crippen LogP contribution in [0.2, 0.25) is 0 Å². The molecule has 5 rings (SSSR count). The largest absolute Gasteiger partial charge is 0.291 e. The van der Waals surface area contributed by atoms with Gasteiger partial charge in [0.2, 0.25) is 0 Å². The van der Waals surface area contributed by atoms with Gasteiger partial charge >= 0.3 is 0 Å². The molecule has 2 unspecified atom stereocenters. The van der Waals surface area contributed by atoms with Crippen molar-refractivity contribution in [2.75, 3.05) is 0 Å². The highest BCUT2D eigenvalue weighted by molar-refractivity contribution is 5.82. The van der Waals surface area contributed by atoms with Gasteiger partial charge in [0, 0.05) is 10.8 Å². The van der Waals surface area contributed by atoms with Crippen molar-refractivity contribution in [3.8, 4) is 11.4 Å². The molecule has 0 aliphatic carbocycles. The number of aromatic nitrogens is 2. The molecule has 0 N–H and O–H groups in total. The van der Waals surface area contributed by atoms with Gasteiger partial charge in [0.25, 0.3) is 5.82 Å². The topological polar surface area (TPSA) is 8.81 Å². The van der Waals surface area contributed by atoms with Crippen LogP contribution in [0.25, 0.3) is 22.4 Å². The molecule has 2 heteroatoms. The van der Waals surface area contributed by atoms with Crippen LogP contribution in [0, 0.1) is 0 Å². The Bertz CT molecular complexity index is 1160. The predicted octanol–water partition coefficient (Wildman–Crippen LogP) is 6.43. The van der Waals surface area contributed by atoms with Crippen molar-refractivity contribution in [2.45, 2.75) is 90.1 Å². The molecule has 152 valence electrons. The second-order valence-electron chi connectivity index (χ2n) is 10.7. The number of hydrogen-bond donors (Lipinski definition) is 0. The Morgan fingerprint density at radius 1 is 0.793 bits per heavy atom. The third-order valence-corrected chi connectivity index (χ3v) is 9.51. The average Bonchev–Trinajstić information content (AvgIpc) is 3.07. The van der Waals surface area contributed by atoms with Gasteiger partial charge < -0.3 is 0 Å². The summed E-state index contributed by atoms with van der Waals surface area (Å²) in [5, 5.41) is 0. The number of fused-ring (bicyclic) bond motifs is 3. The molecule has 0 bridgehead atoms. The molecule has 0 fully saturated rings. The summed E-state index contributed by atoms with van der Waals surface area (Å²) < 4.78 is 5.38. The van der Waals surface area contributed by atoms with Gasteiger partial charge in [-0.2, -0.15) is 0 Å². The van der Waals surface area contributed by atoms with E-state index in [1.165, 1.54) is 33.5 Å². The van der Waals surface area contributed by atoms with Crippen LogP contribution in [-0.4, -0.2) is 4.57 Å². The van der Waals surface area contributed by atoms with Crippen molar-refractivity contribution in [1.82, 2.24) is 4.57 Å². The van der Waals surface area contributed by atoms with Gasteiger partial charge in [-0.25, -0.2) is 9.13 Å². The zero-order valence-electron chi connectivity index (χ0n) is 19.4. The Balaban J connectivity index is 2.12. The SMILES string of the molecule is CCC1(C)c2cccc3c2-c2n(c4ccccc4[n+]2C1(C)CC)C(C)(C)C3(C)C. The van der Waals surface area contributed by atoms with Crippen LogP contribution in [-0.2, 0) is 21.9 Å². The van der Waals surface area contributed by atoms with Crippen molar-refractivity contribution >= 4 is 11.0 Å². The first kappa shape index (κ1) is 18.9. The van der Waals surface area contributed by atoms with E-state index in [1.807, 2.05) is 0 Å². The Labute approximate surface area is 175 Å². The number of benzene rings is 2. The van der Waals surface area contributed by atoms with Gasteiger partial charge in [0.05, 0.1) is 5.56 Å². The van der Waals surface area contributed by atoms with Crippen LogP contribution < -0.4 is 4.57 Å². The zero-order chi connectivity index (χ0) is 21.0. The lowest BCUT2D eigenvalue weighted by atomic mass is 9.57. The molecule has 0 radical (unpaired) electrons. The van der Waals surface area contributed by atoms with E-state index in [-0.39, 0.29) is 21.9 Å². The maximum absolute atomic E-state index is 2.72. The van der Waals surface area contributed by atoms with Crippen LogP contribution in [0.4, 0.5) is 0 Å². The van der Waals surface area contributed by atoms with Crippen LogP contribution in [0.5, 0.6) is 0 Å². The quantitative estimate of drug-likeness (QED) is 0.448. The smallest absolute Gasteiger partial charge is 0.217 e. The van der Waals surface area contributed by atoms with Crippen LogP contribution >= 0.6 is 0 Å². The van der Waals surface area contributed by atoms with Crippen molar-refractivity contribution in [3.05, 3.63) is 53.6 Å². The number of imidazole rings is 1. The maximum atomic E-state index is 2.72. The minimum absolute atomic E-state index is 0.0190. The molecule has 2 nitrogen and oxygen atoms in total. The second kappa shape index (κ2) is 5.33. The Morgan fingerprint density at radius 3 is 2.10 bits per heavy atom. The van der Waals surface area contributed by atoms with Gasteiger partial charge in [0.1, 0.15) is 11.1 Å². The lowest BCUT2D eigenvalue weighted by Crippen LogP contribution is -2.68. The van der Waals surface area contributed by atoms with E-state index in [2.05, 4.69) is 107 Å². The number of nitrogens with zero attached hydrogens (tertiary/aromatic N) is 2. The minimum Gasteiger partial charge on any atom is -0.217 e. The van der Waals surface area contributed by atoms with Crippen molar-refractivity contribution in [1.29, 1.82) is 0 Å². The van der Waals surface area contributed by atoms with Crippen molar-refractivity contribution in [3.63, 3.8) is 0 Å². The molecule has 0 saturated heterocycles. The highest BCUT2D eigenvalue weighted by Crippen LogP contribution is 2.58. The maximum Gasteiger partial charge on any atom is 0.291 e. The normalized spacial score (nSPS) is 28.4. The molecule has 2 aliphatic rings. The summed E-state index contributed by atoms with van der Waals surface area (Å²) in [6.07, 6.45) is 2.24. The Morgan fingerprint density at radius 2 is 1.45 bits per heavy atom. The van der Waals surface area contributed by atoms with E-state index in [9.17, 15) is 0 Å². The molecule has 0 saturated carbocycles. The third-order valence-electron chi connectivity index (χ3n) is 9.51. The van der Waals surface area contributed by atoms with E-state index >= 15 is 0 Å². The predicted molar refractivity (Wildman–Crippen MR) is 121 cm³/mol. The van der Waals surface area contributed by atoms with Gasteiger partial charge in [-0.15, -0.1) is 0 Å².